The maximum absolute atomic E-state index is 10.8. The number of nitrogens with one attached hydrogen (secondary N) is 2. The third kappa shape index (κ3) is 4.08. The molecule has 3 N–H and O–H groups in total. The highest BCUT2D eigenvalue weighted by Crippen LogP contribution is 2.29. The summed E-state index contributed by atoms with van der Waals surface area (Å²) in [7, 11) is 0. The van der Waals surface area contributed by atoms with Gasteiger partial charge in [0.15, 0.2) is 0 Å². The first kappa shape index (κ1) is 13.6. The van der Waals surface area contributed by atoms with E-state index in [1.165, 1.54) is 25.6 Å². The fraction of sp³-hybridized carbons (Fsp3) is 0.615. The van der Waals surface area contributed by atoms with Crippen LogP contribution in [0.15, 0.2) is 12.4 Å². The lowest BCUT2D eigenvalue weighted by Gasteiger charge is -2.25. The first-order chi connectivity index (χ1) is 9.15. The van der Waals surface area contributed by atoms with Crippen molar-refractivity contribution in [2.24, 2.45) is 5.92 Å². The van der Waals surface area contributed by atoms with E-state index in [1.807, 2.05) is 0 Å². The fourth-order valence-corrected chi connectivity index (χ4v) is 2.00. The van der Waals surface area contributed by atoms with E-state index in [4.69, 9.17) is 5.11 Å². The van der Waals surface area contributed by atoms with Gasteiger partial charge in [0.2, 0.25) is 0 Å². The van der Waals surface area contributed by atoms with Gasteiger partial charge in [-0.25, -0.2) is 9.97 Å². The van der Waals surface area contributed by atoms with Gasteiger partial charge in [-0.3, -0.25) is 4.79 Å². The van der Waals surface area contributed by atoms with E-state index in [-0.39, 0.29) is 0 Å². The molecule has 1 atom stereocenters. The van der Waals surface area contributed by atoms with Crippen LogP contribution in [0.25, 0.3) is 0 Å². The molecule has 1 aliphatic carbocycles. The molecule has 0 radical (unpaired) electrons. The van der Waals surface area contributed by atoms with Crippen molar-refractivity contribution < 1.29 is 9.90 Å². The van der Waals surface area contributed by atoms with Gasteiger partial charge >= 0.3 is 5.97 Å². The summed E-state index contributed by atoms with van der Waals surface area (Å²) in [6, 6.07) is 1.07. The first-order valence-corrected chi connectivity index (χ1v) is 6.70. The summed E-state index contributed by atoms with van der Waals surface area (Å²) in [6.45, 7) is 2.48. The molecule has 0 amide bonds. The Hall–Kier alpha value is -1.85. The predicted molar refractivity (Wildman–Crippen MR) is 73.2 cm³/mol. The summed E-state index contributed by atoms with van der Waals surface area (Å²) in [5.74, 6) is 1.21. The number of carboxylic acid groups (broad SMARTS) is 1. The van der Waals surface area contributed by atoms with Gasteiger partial charge in [-0.1, -0.05) is 19.3 Å². The molecule has 1 heterocycles. The molecule has 0 saturated heterocycles. The zero-order valence-electron chi connectivity index (χ0n) is 11.1. The summed E-state index contributed by atoms with van der Waals surface area (Å²) in [5.41, 5.74) is 0. The maximum Gasteiger partial charge on any atom is 0.325 e. The van der Waals surface area contributed by atoms with Crippen molar-refractivity contribution in [3.8, 4) is 0 Å². The molecular weight excluding hydrogens is 244 g/mol. The largest absolute Gasteiger partial charge is 0.480 e. The number of aliphatic carboxylic acids is 1. The number of hydrogen-bond donors (Lipinski definition) is 3. The average molecular weight is 264 g/mol. The van der Waals surface area contributed by atoms with Crippen molar-refractivity contribution in [2.75, 3.05) is 17.2 Å². The van der Waals surface area contributed by atoms with Crippen LogP contribution in [0.3, 0.4) is 0 Å². The minimum absolute atomic E-state index is 0.524. The predicted octanol–water partition coefficient (Wildman–Crippen LogP) is 1.96. The highest BCUT2D eigenvalue weighted by atomic mass is 16.4. The maximum atomic E-state index is 10.8. The number of carboxylic acids is 1. The van der Waals surface area contributed by atoms with Crippen LogP contribution in [-0.4, -0.2) is 33.6 Å². The second kappa shape index (κ2) is 6.36. The zero-order chi connectivity index (χ0) is 13.7. The molecule has 1 saturated carbocycles. The number of hydrogen-bond acceptors (Lipinski definition) is 5. The van der Waals surface area contributed by atoms with E-state index in [1.54, 1.807) is 13.0 Å². The molecule has 6 nitrogen and oxygen atoms in total. The number of carbonyl (C=O) groups is 1. The lowest BCUT2D eigenvalue weighted by Crippen LogP contribution is -2.26. The van der Waals surface area contributed by atoms with Gasteiger partial charge in [0, 0.05) is 12.6 Å². The Labute approximate surface area is 112 Å². The summed E-state index contributed by atoms with van der Waals surface area (Å²) >= 11 is 0. The van der Waals surface area contributed by atoms with Crippen LogP contribution in [0.5, 0.6) is 0 Å². The van der Waals surface area contributed by atoms with Crippen LogP contribution in [0.2, 0.25) is 0 Å². The molecule has 1 aromatic heterocycles. The topological polar surface area (TPSA) is 87.1 Å². The highest BCUT2D eigenvalue weighted by molar-refractivity contribution is 5.76. The van der Waals surface area contributed by atoms with Gasteiger partial charge < -0.3 is 15.7 Å². The standard InChI is InChI=1S/C13H20N4O2/c1-9(13(18)19)17-12-7-11(15-8-16-12)14-6-5-10-3-2-4-10/h7-10H,2-6H2,1H3,(H,18,19)(H2,14,15,16,17). The van der Waals surface area contributed by atoms with Crippen LogP contribution >= 0.6 is 0 Å². The second-order valence-corrected chi connectivity index (χ2v) is 5.01. The molecule has 1 aromatic rings. The van der Waals surface area contributed by atoms with Crippen LogP contribution in [-0.2, 0) is 4.79 Å². The molecule has 0 bridgehead atoms. The number of aromatic nitrogens is 2. The molecule has 1 aliphatic rings. The van der Waals surface area contributed by atoms with Crippen molar-refractivity contribution in [1.82, 2.24) is 9.97 Å². The third-order valence-corrected chi connectivity index (χ3v) is 3.49. The zero-order valence-corrected chi connectivity index (χ0v) is 11.1. The molecule has 1 fully saturated rings. The first-order valence-electron chi connectivity index (χ1n) is 6.70. The van der Waals surface area contributed by atoms with E-state index in [2.05, 4.69) is 20.6 Å². The van der Waals surface area contributed by atoms with Crippen molar-refractivity contribution in [3.63, 3.8) is 0 Å². The Morgan fingerprint density at radius 1 is 1.47 bits per heavy atom. The lowest BCUT2D eigenvalue weighted by molar-refractivity contribution is -0.137. The van der Waals surface area contributed by atoms with E-state index < -0.39 is 12.0 Å². The van der Waals surface area contributed by atoms with Gasteiger partial charge in [-0.05, 0) is 19.3 Å². The molecule has 0 aromatic carbocycles. The normalized spacial score (nSPS) is 16.5. The third-order valence-electron chi connectivity index (χ3n) is 3.49. The quantitative estimate of drug-likeness (QED) is 0.698. The van der Waals surface area contributed by atoms with Crippen LogP contribution in [0, 0.1) is 5.92 Å². The van der Waals surface area contributed by atoms with Gasteiger partial charge in [-0.2, -0.15) is 0 Å². The number of nitrogens with zero attached hydrogens (tertiary/aromatic N) is 2. The molecule has 2 rings (SSSR count). The molecule has 6 heteroatoms. The Morgan fingerprint density at radius 2 is 2.21 bits per heavy atom. The Kier molecular flexibility index (Phi) is 4.54. The monoisotopic (exact) mass is 264 g/mol. The summed E-state index contributed by atoms with van der Waals surface area (Å²) in [6.07, 6.45) is 6.64. The van der Waals surface area contributed by atoms with Crippen molar-refractivity contribution in [3.05, 3.63) is 12.4 Å². The van der Waals surface area contributed by atoms with Crippen LogP contribution < -0.4 is 10.6 Å². The fourth-order valence-electron chi connectivity index (χ4n) is 2.00. The minimum Gasteiger partial charge on any atom is -0.480 e. The molecule has 1 unspecified atom stereocenters. The van der Waals surface area contributed by atoms with Crippen molar-refractivity contribution in [2.45, 2.75) is 38.6 Å². The molecular formula is C13H20N4O2. The van der Waals surface area contributed by atoms with E-state index in [9.17, 15) is 4.79 Å². The van der Waals surface area contributed by atoms with Gasteiger partial charge in [0.25, 0.3) is 0 Å². The van der Waals surface area contributed by atoms with Crippen LogP contribution in [0.1, 0.15) is 32.6 Å². The second-order valence-electron chi connectivity index (χ2n) is 5.01. The Morgan fingerprint density at radius 3 is 2.84 bits per heavy atom. The number of rotatable bonds is 7. The minimum atomic E-state index is -0.905. The van der Waals surface area contributed by atoms with E-state index >= 15 is 0 Å². The smallest absolute Gasteiger partial charge is 0.325 e. The van der Waals surface area contributed by atoms with Gasteiger partial charge in [0.1, 0.15) is 24.0 Å². The van der Waals surface area contributed by atoms with E-state index in [0.29, 0.717) is 5.82 Å². The number of anilines is 2. The lowest BCUT2D eigenvalue weighted by atomic mass is 9.83. The summed E-state index contributed by atoms with van der Waals surface area (Å²) in [4.78, 5) is 18.9. The summed E-state index contributed by atoms with van der Waals surface area (Å²) < 4.78 is 0. The SMILES string of the molecule is CC(Nc1cc(NCCC2CCC2)ncn1)C(=O)O. The average Bonchev–Trinajstić information content (AvgIpc) is 2.32. The van der Waals surface area contributed by atoms with Gasteiger partial charge in [-0.15, -0.1) is 0 Å². The molecule has 19 heavy (non-hydrogen) atoms. The summed E-state index contributed by atoms with van der Waals surface area (Å²) in [5, 5.41) is 14.9. The Bertz CT molecular complexity index is 434. The van der Waals surface area contributed by atoms with Crippen molar-refractivity contribution in [1.29, 1.82) is 0 Å². The van der Waals surface area contributed by atoms with E-state index in [0.717, 1.165) is 24.7 Å². The van der Waals surface area contributed by atoms with Crippen molar-refractivity contribution >= 4 is 17.6 Å². The highest BCUT2D eigenvalue weighted by Gasteiger charge is 2.16. The molecule has 0 spiro atoms. The Balaban J connectivity index is 1.81. The molecule has 104 valence electrons. The van der Waals surface area contributed by atoms with Crippen LogP contribution in [0.4, 0.5) is 11.6 Å². The van der Waals surface area contributed by atoms with Gasteiger partial charge in [0.05, 0.1) is 0 Å². The molecule has 0 aliphatic heterocycles.